The van der Waals surface area contributed by atoms with Gasteiger partial charge in [0.2, 0.25) is 11.8 Å². The Morgan fingerprint density at radius 3 is 2.90 bits per heavy atom. The minimum Gasteiger partial charge on any atom is -0.481 e. The standard InChI is InChI=1S/C14H16N2O4S/c1-3-19-12(17)7-20-14-10(6-15)9-4-5-21-8-11(9)13(16-14)18-2/h3-5,7-8H2,1-2H3. The fourth-order valence-corrected chi connectivity index (χ4v) is 3.11. The highest BCUT2D eigenvalue weighted by Crippen LogP contribution is 2.36. The zero-order chi connectivity index (χ0) is 15.2. The highest BCUT2D eigenvalue weighted by Gasteiger charge is 2.24. The molecular formula is C14H16N2O4S. The van der Waals surface area contributed by atoms with Gasteiger partial charge in [-0.2, -0.15) is 22.0 Å². The normalized spacial score (nSPS) is 13.0. The highest BCUT2D eigenvalue weighted by molar-refractivity contribution is 7.98. The minimum atomic E-state index is -0.490. The molecule has 0 spiro atoms. The molecule has 1 aliphatic rings. The Balaban J connectivity index is 2.32. The number of carbonyl (C=O) groups excluding carboxylic acids is 1. The average molecular weight is 308 g/mol. The fraction of sp³-hybridized carbons (Fsp3) is 0.500. The van der Waals surface area contributed by atoms with Crippen molar-refractivity contribution in [3.8, 4) is 17.8 Å². The maximum Gasteiger partial charge on any atom is 0.344 e. The van der Waals surface area contributed by atoms with Crippen LogP contribution in [0.15, 0.2) is 0 Å². The lowest BCUT2D eigenvalue weighted by molar-refractivity contribution is -0.145. The molecule has 6 nitrogen and oxygen atoms in total. The van der Waals surface area contributed by atoms with Gasteiger partial charge in [-0.05, 0) is 24.7 Å². The van der Waals surface area contributed by atoms with Gasteiger partial charge >= 0.3 is 5.97 Å². The zero-order valence-electron chi connectivity index (χ0n) is 12.0. The van der Waals surface area contributed by atoms with Gasteiger partial charge in [0.05, 0.1) is 13.7 Å². The molecule has 2 rings (SSSR count). The van der Waals surface area contributed by atoms with Crippen molar-refractivity contribution in [1.82, 2.24) is 4.98 Å². The molecule has 1 aromatic heterocycles. The quantitative estimate of drug-likeness (QED) is 0.766. The average Bonchev–Trinajstić information content (AvgIpc) is 2.52. The molecule has 1 aromatic rings. The van der Waals surface area contributed by atoms with Gasteiger partial charge in [0.15, 0.2) is 6.61 Å². The van der Waals surface area contributed by atoms with E-state index in [0.29, 0.717) is 11.4 Å². The summed E-state index contributed by atoms with van der Waals surface area (Å²) in [6, 6.07) is 2.13. The van der Waals surface area contributed by atoms with Crippen LogP contribution in [0.1, 0.15) is 23.6 Å². The number of methoxy groups -OCH3 is 1. The van der Waals surface area contributed by atoms with Crippen molar-refractivity contribution in [2.24, 2.45) is 0 Å². The SMILES string of the molecule is CCOC(=O)COc1nc(OC)c2c(c1C#N)CCSC2. The minimum absolute atomic E-state index is 0.132. The lowest BCUT2D eigenvalue weighted by atomic mass is 10.0. The molecule has 0 unspecified atom stereocenters. The van der Waals surface area contributed by atoms with Crippen LogP contribution in [-0.4, -0.2) is 37.0 Å². The first kappa shape index (κ1) is 15.4. The third-order valence-corrected chi connectivity index (χ3v) is 4.01. The van der Waals surface area contributed by atoms with E-state index in [0.717, 1.165) is 29.1 Å². The van der Waals surface area contributed by atoms with Crippen molar-refractivity contribution in [1.29, 1.82) is 5.26 Å². The molecule has 1 aliphatic heterocycles. The van der Waals surface area contributed by atoms with Gasteiger partial charge in [-0.25, -0.2) is 4.79 Å². The lowest BCUT2D eigenvalue weighted by Gasteiger charge is -2.20. The van der Waals surface area contributed by atoms with Crippen LogP contribution in [0, 0.1) is 11.3 Å². The summed E-state index contributed by atoms with van der Waals surface area (Å²) >= 11 is 1.77. The summed E-state index contributed by atoms with van der Waals surface area (Å²) in [6.45, 7) is 1.73. The Morgan fingerprint density at radius 2 is 2.24 bits per heavy atom. The summed E-state index contributed by atoms with van der Waals surface area (Å²) < 4.78 is 15.4. The summed E-state index contributed by atoms with van der Waals surface area (Å²) in [6.07, 6.45) is 0.761. The Kier molecular flexibility index (Phi) is 5.28. The number of nitriles is 1. The molecule has 0 atom stereocenters. The molecule has 112 valence electrons. The number of carbonyl (C=O) groups is 1. The Morgan fingerprint density at radius 1 is 1.43 bits per heavy atom. The maximum atomic E-state index is 11.4. The van der Waals surface area contributed by atoms with Gasteiger partial charge in [-0.15, -0.1) is 0 Å². The van der Waals surface area contributed by atoms with Crippen LogP contribution in [0.5, 0.6) is 11.8 Å². The third-order valence-electron chi connectivity index (χ3n) is 3.02. The molecule has 7 heteroatoms. The van der Waals surface area contributed by atoms with E-state index in [2.05, 4.69) is 11.1 Å². The molecule has 0 N–H and O–H groups in total. The number of fused-ring (bicyclic) bond motifs is 1. The molecule has 0 saturated heterocycles. The first-order valence-corrected chi connectivity index (χ1v) is 7.72. The van der Waals surface area contributed by atoms with Crippen LogP contribution in [-0.2, 0) is 21.7 Å². The summed E-state index contributed by atoms with van der Waals surface area (Å²) in [4.78, 5) is 15.6. The molecule has 0 fully saturated rings. The van der Waals surface area contributed by atoms with Crippen LogP contribution in [0.25, 0.3) is 0 Å². The molecular weight excluding hydrogens is 292 g/mol. The molecule has 0 aromatic carbocycles. The molecule has 0 amide bonds. The number of pyridine rings is 1. The Labute approximate surface area is 127 Å². The van der Waals surface area contributed by atoms with E-state index in [1.165, 1.54) is 7.11 Å². The first-order valence-electron chi connectivity index (χ1n) is 6.57. The second-order valence-corrected chi connectivity index (χ2v) is 5.37. The monoisotopic (exact) mass is 308 g/mol. The van der Waals surface area contributed by atoms with Gasteiger partial charge < -0.3 is 14.2 Å². The predicted molar refractivity (Wildman–Crippen MR) is 77.5 cm³/mol. The van der Waals surface area contributed by atoms with E-state index in [1.807, 2.05) is 0 Å². The lowest BCUT2D eigenvalue weighted by Crippen LogP contribution is -2.17. The van der Waals surface area contributed by atoms with Crippen molar-refractivity contribution < 1.29 is 19.0 Å². The van der Waals surface area contributed by atoms with E-state index >= 15 is 0 Å². The second-order valence-electron chi connectivity index (χ2n) is 4.27. The third kappa shape index (κ3) is 3.39. The summed E-state index contributed by atoms with van der Waals surface area (Å²) in [7, 11) is 1.53. The van der Waals surface area contributed by atoms with Crippen LogP contribution in [0.4, 0.5) is 0 Å². The topological polar surface area (TPSA) is 81.4 Å². The summed E-state index contributed by atoms with van der Waals surface area (Å²) in [5, 5.41) is 9.37. The van der Waals surface area contributed by atoms with E-state index in [9.17, 15) is 10.1 Å². The van der Waals surface area contributed by atoms with Crippen LogP contribution >= 0.6 is 11.8 Å². The molecule has 21 heavy (non-hydrogen) atoms. The molecule has 0 saturated carbocycles. The Hall–Kier alpha value is -1.94. The van der Waals surface area contributed by atoms with Gasteiger partial charge in [0, 0.05) is 11.3 Å². The van der Waals surface area contributed by atoms with Gasteiger partial charge in [-0.1, -0.05) is 0 Å². The van der Waals surface area contributed by atoms with Crippen molar-refractivity contribution in [2.45, 2.75) is 19.1 Å². The number of rotatable bonds is 5. The van der Waals surface area contributed by atoms with Crippen molar-refractivity contribution in [2.75, 3.05) is 26.1 Å². The van der Waals surface area contributed by atoms with Crippen LogP contribution < -0.4 is 9.47 Å². The molecule has 0 bridgehead atoms. The predicted octanol–water partition coefficient (Wildman–Crippen LogP) is 1.69. The number of hydrogen-bond acceptors (Lipinski definition) is 7. The Bertz CT molecular complexity index is 583. The van der Waals surface area contributed by atoms with E-state index in [4.69, 9.17) is 14.2 Å². The smallest absolute Gasteiger partial charge is 0.344 e. The number of nitrogens with zero attached hydrogens (tertiary/aromatic N) is 2. The number of thioether (sulfide) groups is 1. The van der Waals surface area contributed by atoms with E-state index in [1.54, 1.807) is 18.7 Å². The second kappa shape index (κ2) is 7.18. The van der Waals surface area contributed by atoms with Gasteiger partial charge in [-0.3, -0.25) is 0 Å². The van der Waals surface area contributed by atoms with Crippen molar-refractivity contribution >= 4 is 17.7 Å². The van der Waals surface area contributed by atoms with E-state index < -0.39 is 5.97 Å². The number of aromatic nitrogens is 1. The number of hydrogen-bond donors (Lipinski definition) is 0. The van der Waals surface area contributed by atoms with Crippen molar-refractivity contribution in [3.05, 3.63) is 16.7 Å². The maximum absolute atomic E-state index is 11.4. The molecule has 0 aliphatic carbocycles. The largest absolute Gasteiger partial charge is 0.481 e. The first-order chi connectivity index (χ1) is 10.2. The summed E-state index contributed by atoms with van der Waals surface area (Å²) in [5.41, 5.74) is 2.23. The van der Waals surface area contributed by atoms with Gasteiger partial charge in [0.1, 0.15) is 11.6 Å². The zero-order valence-corrected chi connectivity index (χ0v) is 12.8. The fourth-order valence-electron chi connectivity index (χ4n) is 2.12. The van der Waals surface area contributed by atoms with Crippen molar-refractivity contribution in [3.63, 3.8) is 0 Å². The summed E-state index contributed by atoms with van der Waals surface area (Å²) in [5.74, 6) is 1.79. The van der Waals surface area contributed by atoms with E-state index in [-0.39, 0.29) is 19.1 Å². The van der Waals surface area contributed by atoms with Crippen LogP contribution in [0.2, 0.25) is 0 Å². The highest BCUT2D eigenvalue weighted by atomic mass is 32.2. The molecule has 2 heterocycles. The number of ether oxygens (including phenoxy) is 3. The number of esters is 1. The van der Waals surface area contributed by atoms with Gasteiger partial charge in [0.25, 0.3) is 0 Å². The molecule has 0 radical (unpaired) electrons. The van der Waals surface area contributed by atoms with Crippen LogP contribution in [0.3, 0.4) is 0 Å².